The van der Waals surface area contributed by atoms with Crippen LogP contribution in [0.2, 0.25) is 0 Å². The minimum atomic E-state index is -0.957. The highest BCUT2D eigenvalue weighted by Gasteiger charge is 2.31. The fourth-order valence-corrected chi connectivity index (χ4v) is 3.08. The number of rotatable bonds is 4. The Hall–Kier alpha value is -1.14. The van der Waals surface area contributed by atoms with Crippen molar-refractivity contribution in [2.75, 3.05) is 32.7 Å². The van der Waals surface area contributed by atoms with Gasteiger partial charge in [0.15, 0.2) is 0 Å². The van der Waals surface area contributed by atoms with E-state index in [4.69, 9.17) is 5.11 Å². The summed E-state index contributed by atoms with van der Waals surface area (Å²) in [5, 5.41) is 11.6. The van der Waals surface area contributed by atoms with Crippen LogP contribution in [-0.2, 0) is 9.59 Å². The summed E-state index contributed by atoms with van der Waals surface area (Å²) in [7, 11) is 0. The number of fused-ring (bicyclic) bond motifs is 1. The molecule has 2 unspecified atom stereocenters. The molecule has 0 saturated carbocycles. The van der Waals surface area contributed by atoms with Crippen molar-refractivity contribution >= 4 is 11.9 Å². The third-order valence-electron chi connectivity index (χ3n) is 4.04. The van der Waals surface area contributed by atoms with Gasteiger partial charge in [-0.2, -0.15) is 0 Å². The fourth-order valence-electron chi connectivity index (χ4n) is 3.08. The second kappa shape index (κ2) is 6.34. The molecule has 0 bridgehead atoms. The number of carboxylic acids is 1. The highest BCUT2D eigenvalue weighted by atomic mass is 16.4. The molecule has 2 atom stereocenters. The van der Waals surface area contributed by atoms with Crippen LogP contribution in [0.1, 0.15) is 26.2 Å². The Labute approximate surface area is 113 Å². The summed E-state index contributed by atoms with van der Waals surface area (Å²) < 4.78 is 0. The second-order valence-corrected chi connectivity index (χ2v) is 5.54. The quantitative estimate of drug-likeness (QED) is 0.736. The molecule has 108 valence electrons. The van der Waals surface area contributed by atoms with Crippen molar-refractivity contribution in [1.29, 1.82) is 0 Å². The minimum absolute atomic E-state index is 0.288. The summed E-state index contributed by atoms with van der Waals surface area (Å²) in [4.78, 5) is 26.8. The first-order chi connectivity index (χ1) is 9.06. The number of nitrogens with one attached hydrogen (secondary N) is 1. The number of amides is 1. The molecule has 0 aliphatic carbocycles. The van der Waals surface area contributed by atoms with Crippen molar-refractivity contribution in [2.45, 2.75) is 38.3 Å². The van der Waals surface area contributed by atoms with E-state index in [9.17, 15) is 9.59 Å². The maximum Gasteiger partial charge on any atom is 0.327 e. The topological polar surface area (TPSA) is 72.9 Å². The average molecular weight is 269 g/mol. The molecule has 2 heterocycles. The monoisotopic (exact) mass is 269 g/mol. The SMILES string of the molecule is CC(=O)NC(CN1CCN2CCCCC2C1)C(=O)O. The van der Waals surface area contributed by atoms with Gasteiger partial charge in [-0.1, -0.05) is 6.42 Å². The maximum absolute atomic E-state index is 11.1. The number of piperazine rings is 1. The van der Waals surface area contributed by atoms with Gasteiger partial charge in [0.2, 0.25) is 5.91 Å². The Bertz CT molecular complexity index is 348. The van der Waals surface area contributed by atoms with E-state index in [0.717, 1.165) is 19.6 Å². The van der Waals surface area contributed by atoms with E-state index in [-0.39, 0.29) is 5.91 Å². The molecule has 2 N–H and O–H groups in total. The lowest BCUT2D eigenvalue weighted by Gasteiger charge is -2.44. The smallest absolute Gasteiger partial charge is 0.327 e. The third kappa shape index (κ3) is 3.91. The maximum atomic E-state index is 11.1. The largest absolute Gasteiger partial charge is 0.480 e. The fraction of sp³-hybridized carbons (Fsp3) is 0.846. The van der Waals surface area contributed by atoms with E-state index in [2.05, 4.69) is 15.1 Å². The van der Waals surface area contributed by atoms with Crippen LogP contribution >= 0.6 is 0 Å². The lowest BCUT2D eigenvalue weighted by molar-refractivity contribution is -0.142. The van der Waals surface area contributed by atoms with Crippen molar-refractivity contribution in [1.82, 2.24) is 15.1 Å². The van der Waals surface area contributed by atoms with Crippen LogP contribution in [0.25, 0.3) is 0 Å². The van der Waals surface area contributed by atoms with Gasteiger partial charge in [0, 0.05) is 39.1 Å². The van der Waals surface area contributed by atoms with E-state index in [1.54, 1.807) is 0 Å². The zero-order chi connectivity index (χ0) is 13.8. The van der Waals surface area contributed by atoms with E-state index in [1.807, 2.05) is 0 Å². The van der Waals surface area contributed by atoms with Crippen LogP contribution in [0.5, 0.6) is 0 Å². The van der Waals surface area contributed by atoms with E-state index in [0.29, 0.717) is 12.6 Å². The Morgan fingerprint density at radius 1 is 1.32 bits per heavy atom. The summed E-state index contributed by atoms with van der Waals surface area (Å²) >= 11 is 0. The van der Waals surface area contributed by atoms with Gasteiger partial charge in [-0.15, -0.1) is 0 Å². The van der Waals surface area contributed by atoms with Gasteiger partial charge in [0.1, 0.15) is 6.04 Å². The van der Waals surface area contributed by atoms with Gasteiger partial charge >= 0.3 is 5.97 Å². The standard InChI is InChI=1S/C13H23N3O3/c1-10(17)14-12(13(18)19)9-15-6-7-16-5-3-2-4-11(16)8-15/h11-12H,2-9H2,1H3,(H,14,17)(H,18,19). The Balaban J connectivity index is 1.87. The van der Waals surface area contributed by atoms with Gasteiger partial charge in [-0.3, -0.25) is 14.6 Å². The Kier molecular flexibility index (Phi) is 4.76. The highest BCUT2D eigenvalue weighted by molar-refractivity contribution is 5.82. The molecular formula is C13H23N3O3. The molecule has 0 aromatic carbocycles. The molecule has 1 amide bonds. The average Bonchev–Trinajstić information content (AvgIpc) is 2.37. The van der Waals surface area contributed by atoms with Crippen LogP contribution in [0, 0.1) is 0 Å². The second-order valence-electron chi connectivity index (χ2n) is 5.54. The first-order valence-electron chi connectivity index (χ1n) is 7.02. The molecule has 2 aliphatic heterocycles. The Morgan fingerprint density at radius 3 is 2.79 bits per heavy atom. The number of piperidine rings is 1. The van der Waals surface area contributed by atoms with E-state index < -0.39 is 12.0 Å². The molecular weight excluding hydrogens is 246 g/mol. The van der Waals surface area contributed by atoms with Crippen molar-refractivity contribution in [3.63, 3.8) is 0 Å². The van der Waals surface area contributed by atoms with Crippen LogP contribution in [-0.4, -0.2) is 71.6 Å². The molecule has 2 saturated heterocycles. The number of hydrogen-bond donors (Lipinski definition) is 2. The molecule has 19 heavy (non-hydrogen) atoms. The molecule has 0 spiro atoms. The number of nitrogens with zero attached hydrogens (tertiary/aromatic N) is 2. The summed E-state index contributed by atoms with van der Waals surface area (Å²) in [5.41, 5.74) is 0. The van der Waals surface area contributed by atoms with Crippen molar-refractivity contribution in [3.05, 3.63) is 0 Å². The van der Waals surface area contributed by atoms with Gasteiger partial charge in [-0.05, 0) is 19.4 Å². The van der Waals surface area contributed by atoms with Gasteiger partial charge in [0.05, 0.1) is 0 Å². The van der Waals surface area contributed by atoms with Gasteiger partial charge in [-0.25, -0.2) is 4.79 Å². The number of hydrogen-bond acceptors (Lipinski definition) is 4. The predicted molar refractivity (Wildman–Crippen MR) is 70.9 cm³/mol. The van der Waals surface area contributed by atoms with Crippen LogP contribution < -0.4 is 5.32 Å². The number of carboxylic acid groups (broad SMARTS) is 1. The molecule has 0 aromatic rings. The number of aliphatic carboxylic acids is 1. The van der Waals surface area contributed by atoms with Crippen molar-refractivity contribution in [2.24, 2.45) is 0 Å². The predicted octanol–water partition coefficient (Wildman–Crippen LogP) is -0.254. The molecule has 6 nitrogen and oxygen atoms in total. The van der Waals surface area contributed by atoms with Crippen LogP contribution in [0.15, 0.2) is 0 Å². The lowest BCUT2D eigenvalue weighted by Crippen LogP contribution is -2.58. The van der Waals surface area contributed by atoms with Crippen LogP contribution in [0.4, 0.5) is 0 Å². The van der Waals surface area contributed by atoms with E-state index in [1.165, 1.54) is 32.7 Å². The molecule has 6 heteroatoms. The molecule has 2 rings (SSSR count). The van der Waals surface area contributed by atoms with Crippen LogP contribution in [0.3, 0.4) is 0 Å². The van der Waals surface area contributed by atoms with Gasteiger partial charge < -0.3 is 10.4 Å². The zero-order valence-electron chi connectivity index (χ0n) is 11.5. The summed E-state index contributed by atoms with van der Waals surface area (Å²) in [6.45, 7) is 5.75. The normalized spacial score (nSPS) is 26.5. The lowest BCUT2D eigenvalue weighted by atomic mass is 9.99. The summed E-state index contributed by atoms with van der Waals surface area (Å²) in [6, 6.07) is -0.234. The summed E-state index contributed by atoms with van der Waals surface area (Å²) in [6.07, 6.45) is 3.75. The highest BCUT2D eigenvalue weighted by Crippen LogP contribution is 2.21. The van der Waals surface area contributed by atoms with Gasteiger partial charge in [0.25, 0.3) is 0 Å². The zero-order valence-corrected chi connectivity index (χ0v) is 11.5. The number of carbonyl (C=O) groups excluding carboxylic acids is 1. The van der Waals surface area contributed by atoms with Crippen molar-refractivity contribution < 1.29 is 14.7 Å². The third-order valence-corrected chi connectivity index (χ3v) is 4.04. The van der Waals surface area contributed by atoms with Crippen molar-refractivity contribution in [3.8, 4) is 0 Å². The molecule has 2 aliphatic rings. The van der Waals surface area contributed by atoms with E-state index >= 15 is 0 Å². The minimum Gasteiger partial charge on any atom is -0.480 e. The number of carbonyl (C=O) groups is 2. The Morgan fingerprint density at radius 2 is 2.11 bits per heavy atom. The first kappa shape index (κ1) is 14.3. The first-order valence-corrected chi connectivity index (χ1v) is 7.02. The molecule has 0 radical (unpaired) electrons. The molecule has 0 aromatic heterocycles. The summed E-state index contributed by atoms with van der Waals surface area (Å²) in [5.74, 6) is -1.25. The molecule has 2 fully saturated rings.